The number of fused-ring (bicyclic) bond motifs is 5. The first-order valence-corrected chi connectivity index (χ1v) is 7.04. The third-order valence-electron chi connectivity index (χ3n) is 3.51. The van der Waals surface area contributed by atoms with Gasteiger partial charge in [0.15, 0.2) is 0 Å². The molecule has 0 fully saturated rings. The lowest BCUT2D eigenvalue weighted by atomic mass is 10.1. The van der Waals surface area contributed by atoms with Gasteiger partial charge in [0.05, 0.1) is 29.5 Å². The summed E-state index contributed by atoms with van der Waals surface area (Å²) in [5.74, 6) is 0.882. The Labute approximate surface area is 114 Å². The molecule has 2 nitrogen and oxygen atoms in total. The van der Waals surface area contributed by atoms with Gasteiger partial charge in [-0.05, 0) is 24.3 Å². The van der Waals surface area contributed by atoms with E-state index in [0.29, 0.717) is 0 Å². The summed E-state index contributed by atoms with van der Waals surface area (Å²) in [5.41, 5.74) is 3.61. The molecule has 2 aliphatic rings. The highest BCUT2D eigenvalue weighted by molar-refractivity contribution is 7.17. The van der Waals surface area contributed by atoms with Gasteiger partial charge in [-0.1, -0.05) is 12.1 Å². The fourth-order valence-electron chi connectivity index (χ4n) is 2.56. The van der Waals surface area contributed by atoms with E-state index >= 15 is 0 Å². The first-order valence-electron chi connectivity index (χ1n) is 6.16. The van der Waals surface area contributed by atoms with Crippen LogP contribution in [0.3, 0.4) is 0 Å². The summed E-state index contributed by atoms with van der Waals surface area (Å²) in [7, 11) is 1.70. The lowest BCUT2D eigenvalue weighted by molar-refractivity contribution is -0.325. The van der Waals surface area contributed by atoms with Crippen LogP contribution in [0, 0.1) is 0 Å². The van der Waals surface area contributed by atoms with Gasteiger partial charge < -0.3 is 4.74 Å². The molecule has 0 aromatic heterocycles. The Morgan fingerprint density at radius 3 is 2.84 bits per heavy atom. The lowest BCUT2D eigenvalue weighted by Gasteiger charge is -1.98. The average Bonchev–Trinajstić information content (AvgIpc) is 2.85. The summed E-state index contributed by atoms with van der Waals surface area (Å²) < 4.78 is 6.59. The number of nitrogens with one attached hydrogen (secondary N) is 1. The Hall–Kier alpha value is -2.13. The molecule has 0 spiro atoms. The smallest absolute Gasteiger partial charge is 0.221 e. The predicted octanol–water partition coefficient (Wildman–Crippen LogP) is 3.98. The number of hydrogen-bond donors (Lipinski definition) is 0. The molecule has 0 amide bonds. The van der Waals surface area contributed by atoms with Gasteiger partial charge in [0.1, 0.15) is 5.75 Å². The number of ether oxygens (including phenoxy) is 1. The molecule has 4 rings (SSSR count). The summed E-state index contributed by atoms with van der Waals surface area (Å²) >= 11 is 1.78. The minimum Gasteiger partial charge on any atom is -0.497 e. The second kappa shape index (κ2) is 3.93. The number of benzene rings is 2. The van der Waals surface area contributed by atoms with Gasteiger partial charge in [-0.15, -0.1) is 11.3 Å². The molecule has 0 unspecified atom stereocenters. The highest BCUT2D eigenvalue weighted by Gasteiger charge is 2.21. The van der Waals surface area contributed by atoms with Gasteiger partial charge >= 0.3 is 0 Å². The second-order valence-electron chi connectivity index (χ2n) is 4.56. The Morgan fingerprint density at radius 2 is 1.95 bits per heavy atom. The maximum atomic E-state index is 5.29. The van der Waals surface area contributed by atoms with E-state index in [1.54, 1.807) is 18.4 Å². The highest BCUT2D eigenvalue weighted by Crippen LogP contribution is 2.36. The third kappa shape index (κ3) is 1.52. The predicted molar refractivity (Wildman–Crippen MR) is 79.1 cm³/mol. The lowest BCUT2D eigenvalue weighted by Crippen LogP contribution is -2.00. The Morgan fingerprint density at radius 1 is 1.05 bits per heavy atom. The van der Waals surface area contributed by atoms with Crippen molar-refractivity contribution in [3.8, 4) is 17.0 Å². The van der Waals surface area contributed by atoms with Crippen molar-refractivity contribution in [1.29, 1.82) is 0 Å². The van der Waals surface area contributed by atoms with Crippen LogP contribution in [-0.4, -0.2) is 7.11 Å². The quantitative estimate of drug-likeness (QED) is 0.511. The summed E-state index contributed by atoms with van der Waals surface area (Å²) in [6, 6.07) is 14.7. The molecule has 92 valence electrons. The zero-order valence-electron chi connectivity index (χ0n) is 10.4. The zero-order valence-corrected chi connectivity index (χ0v) is 11.3. The van der Waals surface area contributed by atoms with Crippen LogP contribution in [0.4, 0.5) is 0 Å². The second-order valence-corrected chi connectivity index (χ2v) is 5.47. The van der Waals surface area contributed by atoms with Crippen LogP contribution in [0.25, 0.3) is 32.2 Å². The van der Waals surface area contributed by atoms with Gasteiger partial charge in [0.25, 0.3) is 0 Å². The van der Waals surface area contributed by atoms with Crippen LogP contribution in [0.2, 0.25) is 0 Å². The molecule has 3 heteroatoms. The van der Waals surface area contributed by atoms with E-state index in [1.807, 2.05) is 6.07 Å². The van der Waals surface area contributed by atoms with Crippen LogP contribution in [0.15, 0.2) is 47.8 Å². The fourth-order valence-corrected chi connectivity index (χ4v) is 3.50. The number of hydrogen-bond acceptors (Lipinski definition) is 2. The van der Waals surface area contributed by atoms with Crippen LogP contribution < -0.4 is 9.72 Å². The molecular weight excluding hydrogens is 254 g/mol. The standard InChI is InChI=1S/C16H11NOS/c1-18-10-6-7-11-13-9-19-15-5-3-2-4-12(15)16(13)17-14(11)8-10/h2-9H,1H3/p+1. The molecule has 2 heterocycles. The van der Waals surface area contributed by atoms with Crippen molar-refractivity contribution in [2.45, 2.75) is 0 Å². The van der Waals surface area contributed by atoms with E-state index in [4.69, 9.17) is 4.74 Å². The largest absolute Gasteiger partial charge is 0.497 e. The molecule has 2 aliphatic heterocycles. The fraction of sp³-hybridized carbons (Fsp3) is 0.0625. The molecule has 1 N–H and O–H groups in total. The number of aromatic amines is 1. The Kier molecular flexibility index (Phi) is 2.23. The minimum atomic E-state index is 0.882. The maximum Gasteiger partial charge on any atom is 0.221 e. The van der Waals surface area contributed by atoms with Crippen LogP contribution in [-0.2, 0) is 0 Å². The van der Waals surface area contributed by atoms with Gasteiger partial charge in [0, 0.05) is 10.1 Å². The molecule has 0 atom stereocenters. The summed E-state index contributed by atoms with van der Waals surface area (Å²) in [5, 5.41) is 4.75. The van der Waals surface area contributed by atoms with Gasteiger partial charge in [0.2, 0.25) is 11.2 Å². The topological polar surface area (TPSA) is 23.4 Å². The molecule has 0 bridgehead atoms. The van der Waals surface area contributed by atoms with Crippen molar-refractivity contribution >= 4 is 32.3 Å². The summed E-state index contributed by atoms with van der Waals surface area (Å²) in [4.78, 5) is 3.52. The first-order chi connectivity index (χ1) is 9.36. The van der Waals surface area contributed by atoms with Crippen LogP contribution in [0.1, 0.15) is 0 Å². The van der Waals surface area contributed by atoms with Crippen molar-refractivity contribution in [1.82, 2.24) is 0 Å². The van der Waals surface area contributed by atoms with Gasteiger partial charge in [-0.25, -0.2) is 4.98 Å². The van der Waals surface area contributed by atoms with E-state index in [2.05, 4.69) is 46.8 Å². The van der Waals surface area contributed by atoms with Crippen molar-refractivity contribution in [3.05, 3.63) is 47.8 Å². The van der Waals surface area contributed by atoms with Gasteiger partial charge in [-0.3, -0.25) is 0 Å². The maximum absolute atomic E-state index is 5.29. The van der Waals surface area contributed by atoms with E-state index in [1.165, 1.54) is 26.7 Å². The van der Waals surface area contributed by atoms with Crippen molar-refractivity contribution in [2.24, 2.45) is 0 Å². The van der Waals surface area contributed by atoms with Crippen molar-refractivity contribution in [3.63, 3.8) is 0 Å². The molecular formula is C16H12NOS+. The number of aromatic nitrogens is 1. The minimum absolute atomic E-state index is 0.882. The molecule has 0 saturated heterocycles. The summed E-state index contributed by atoms with van der Waals surface area (Å²) in [6.45, 7) is 0. The van der Waals surface area contributed by atoms with E-state index in [-0.39, 0.29) is 0 Å². The zero-order chi connectivity index (χ0) is 12.8. The summed E-state index contributed by atoms with van der Waals surface area (Å²) in [6.07, 6.45) is 0. The third-order valence-corrected chi connectivity index (χ3v) is 4.47. The molecule has 19 heavy (non-hydrogen) atoms. The molecule has 0 saturated carbocycles. The SMILES string of the molecule is COc1ccc2c3csc4ccccc4c-3[nH+]c2c1. The first kappa shape index (κ1) is 10.8. The normalized spacial score (nSPS) is 11.4. The van der Waals surface area contributed by atoms with Crippen molar-refractivity contribution < 1.29 is 9.72 Å². The van der Waals surface area contributed by atoms with E-state index in [0.717, 1.165) is 11.3 Å². The van der Waals surface area contributed by atoms with Crippen LogP contribution in [0.5, 0.6) is 5.75 Å². The van der Waals surface area contributed by atoms with E-state index < -0.39 is 0 Å². The van der Waals surface area contributed by atoms with Crippen LogP contribution >= 0.6 is 11.3 Å². The number of methoxy groups -OCH3 is 1. The monoisotopic (exact) mass is 266 g/mol. The van der Waals surface area contributed by atoms with Crippen molar-refractivity contribution in [2.75, 3.05) is 7.11 Å². The average molecular weight is 266 g/mol. The Bertz CT molecular complexity index is 865. The number of rotatable bonds is 1. The highest BCUT2D eigenvalue weighted by atomic mass is 32.1. The molecule has 2 aromatic carbocycles. The molecule has 0 radical (unpaired) electrons. The van der Waals surface area contributed by atoms with E-state index in [9.17, 15) is 0 Å². The van der Waals surface area contributed by atoms with Gasteiger partial charge in [-0.2, -0.15) is 0 Å². The number of H-pyrrole nitrogens is 1. The molecule has 2 aromatic rings. The molecule has 0 aliphatic carbocycles. The Balaban J connectivity index is 2.16.